The van der Waals surface area contributed by atoms with Gasteiger partial charge in [0.2, 0.25) is 0 Å². The van der Waals surface area contributed by atoms with Crippen molar-refractivity contribution < 1.29 is 5.21 Å². The Labute approximate surface area is 124 Å². The molecule has 0 unspecified atom stereocenters. The molecule has 0 amide bonds. The topological polar surface area (TPSA) is 35.8 Å². The first-order chi connectivity index (χ1) is 9.26. The third-order valence-electron chi connectivity index (χ3n) is 2.88. The van der Waals surface area contributed by atoms with E-state index in [9.17, 15) is 0 Å². The molecule has 1 aromatic rings. The molecule has 5 heteroatoms. The molecule has 106 valence electrons. The summed E-state index contributed by atoms with van der Waals surface area (Å²) in [5, 5.41) is 12.4. The van der Waals surface area contributed by atoms with Gasteiger partial charge in [0, 0.05) is 30.5 Å². The number of benzene rings is 1. The van der Waals surface area contributed by atoms with E-state index in [-0.39, 0.29) is 0 Å². The number of hydrogen-bond acceptors (Lipinski definition) is 3. The van der Waals surface area contributed by atoms with Crippen molar-refractivity contribution in [3.63, 3.8) is 0 Å². The first-order valence-corrected chi connectivity index (χ1v) is 7.52. The molecule has 0 atom stereocenters. The van der Waals surface area contributed by atoms with E-state index in [1.54, 1.807) is 0 Å². The molecule has 0 aromatic heterocycles. The molecule has 0 radical (unpaired) electrons. The Morgan fingerprint density at radius 2 is 1.74 bits per heavy atom. The summed E-state index contributed by atoms with van der Waals surface area (Å²) >= 11 is 11.6. The van der Waals surface area contributed by atoms with Crippen LogP contribution in [0.5, 0.6) is 0 Å². The van der Waals surface area contributed by atoms with E-state index in [4.69, 9.17) is 28.4 Å². The third-order valence-corrected chi connectivity index (χ3v) is 3.22. The lowest BCUT2D eigenvalue weighted by molar-refractivity contribution is 0.318. The number of alkyl halides is 2. The van der Waals surface area contributed by atoms with E-state index in [0.29, 0.717) is 11.8 Å². The molecular weight excluding hydrogens is 283 g/mol. The Hall–Kier alpha value is -0.930. The zero-order valence-electron chi connectivity index (χ0n) is 11.1. The molecule has 0 bridgehead atoms. The molecule has 0 aliphatic rings. The van der Waals surface area contributed by atoms with Crippen LogP contribution in [0, 0.1) is 0 Å². The normalized spacial score (nSPS) is 11.6. The van der Waals surface area contributed by atoms with Crippen LogP contribution in [0.25, 0.3) is 0 Å². The number of rotatable bonds is 8. The lowest BCUT2D eigenvalue weighted by Crippen LogP contribution is -2.27. The Bertz CT molecular complexity index is 387. The number of nitrogens with zero attached hydrogens (tertiary/aromatic N) is 2. The first-order valence-electron chi connectivity index (χ1n) is 6.45. The number of oxime groups is 1. The maximum atomic E-state index is 9.00. The minimum Gasteiger partial charge on any atom is -0.411 e. The van der Waals surface area contributed by atoms with Crippen molar-refractivity contribution in [3.8, 4) is 0 Å². The molecule has 0 heterocycles. The average molecular weight is 303 g/mol. The van der Waals surface area contributed by atoms with Crippen LogP contribution in [-0.2, 0) is 0 Å². The molecule has 0 saturated heterocycles. The van der Waals surface area contributed by atoms with Crippen LogP contribution in [0.4, 0.5) is 5.69 Å². The molecule has 0 aliphatic carbocycles. The van der Waals surface area contributed by atoms with Gasteiger partial charge in [-0.2, -0.15) is 0 Å². The van der Waals surface area contributed by atoms with Crippen molar-refractivity contribution in [2.45, 2.75) is 19.8 Å². The summed E-state index contributed by atoms with van der Waals surface area (Å²) in [5.41, 5.74) is 2.75. The highest BCUT2D eigenvalue weighted by atomic mass is 35.5. The summed E-state index contributed by atoms with van der Waals surface area (Å²) in [4.78, 5) is 2.14. The highest BCUT2D eigenvalue weighted by molar-refractivity contribution is 6.18. The molecule has 1 aromatic carbocycles. The molecule has 0 aliphatic heterocycles. The second kappa shape index (κ2) is 9.05. The fourth-order valence-corrected chi connectivity index (χ4v) is 2.34. The summed E-state index contributed by atoms with van der Waals surface area (Å²) in [5.74, 6) is 1.13. The van der Waals surface area contributed by atoms with Gasteiger partial charge in [0.25, 0.3) is 0 Å². The molecule has 3 nitrogen and oxygen atoms in total. The van der Waals surface area contributed by atoms with Crippen molar-refractivity contribution in [3.05, 3.63) is 29.8 Å². The molecule has 19 heavy (non-hydrogen) atoms. The molecule has 0 saturated carbocycles. The summed E-state index contributed by atoms with van der Waals surface area (Å²) in [6, 6.07) is 7.95. The van der Waals surface area contributed by atoms with Crippen LogP contribution in [0.3, 0.4) is 0 Å². The number of anilines is 1. The van der Waals surface area contributed by atoms with Gasteiger partial charge >= 0.3 is 0 Å². The van der Waals surface area contributed by atoms with Crippen LogP contribution in [0.15, 0.2) is 29.4 Å². The van der Waals surface area contributed by atoms with Crippen molar-refractivity contribution >= 4 is 34.6 Å². The minimum absolute atomic E-state index is 0.567. The Balaban J connectivity index is 2.84. The van der Waals surface area contributed by atoms with E-state index in [0.717, 1.165) is 42.9 Å². The molecule has 1 N–H and O–H groups in total. The molecule has 1 rings (SSSR count). The smallest absolute Gasteiger partial charge is 0.0867 e. The van der Waals surface area contributed by atoms with Gasteiger partial charge in [-0.05, 0) is 24.1 Å². The second-order valence-corrected chi connectivity index (χ2v) is 4.96. The van der Waals surface area contributed by atoms with Gasteiger partial charge in [0.15, 0.2) is 0 Å². The van der Waals surface area contributed by atoms with E-state index in [2.05, 4.69) is 17.0 Å². The second-order valence-electron chi connectivity index (χ2n) is 4.21. The first kappa shape index (κ1) is 16.1. The Kier molecular flexibility index (Phi) is 7.68. The molecular formula is C14H20Cl2N2O. The summed E-state index contributed by atoms with van der Waals surface area (Å²) in [6.45, 7) is 3.59. The van der Waals surface area contributed by atoms with Gasteiger partial charge in [-0.25, -0.2) is 0 Å². The van der Waals surface area contributed by atoms with Crippen molar-refractivity contribution in [2.75, 3.05) is 29.7 Å². The largest absolute Gasteiger partial charge is 0.411 e. The summed E-state index contributed by atoms with van der Waals surface area (Å²) in [7, 11) is 0. The standard InChI is InChI=1S/C14H20Cl2N2O/c1-2-3-14(17-19)12-4-6-13(7-5-12)18(10-8-15)11-9-16/h4-7,19H,2-3,8-11H2,1H3. The van der Waals surface area contributed by atoms with E-state index >= 15 is 0 Å². The van der Waals surface area contributed by atoms with E-state index in [1.165, 1.54) is 0 Å². The quantitative estimate of drug-likeness (QED) is 0.342. The van der Waals surface area contributed by atoms with Gasteiger partial charge < -0.3 is 10.1 Å². The number of hydrogen-bond donors (Lipinski definition) is 1. The monoisotopic (exact) mass is 302 g/mol. The fourth-order valence-electron chi connectivity index (χ4n) is 1.93. The highest BCUT2D eigenvalue weighted by Gasteiger charge is 2.07. The van der Waals surface area contributed by atoms with Crippen molar-refractivity contribution in [1.82, 2.24) is 0 Å². The van der Waals surface area contributed by atoms with E-state index < -0.39 is 0 Å². The van der Waals surface area contributed by atoms with Gasteiger partial charge in [0.1, 0.15) is 0 Å². The van der Waals surface area contributed by atoms with Gasteiger partial charge in [0.05, 0.1) is 5.71 Å². The molecule has 0 spiro atoms. The van der Waals surface area contributed by atoms with E-state index in [1.807, 2.05) is 24.3 Å². The zero-order valence-corrected chi connectivity index (χ0v) is 12.7. The summed E-state index contributed by atoms with van der Waals surface area (Å²) in [6.07, 6.45) is 1.72. The van der Waals surface area contributed by atoms with Crippen molar-refractivity contribution in [1.29, 1.82) is 0 Å². The van der Waals surface area contributed by atoms with Crippen LogP contribution >= 0.6 is 23.2 Å². The minimum atomic E-state index is 0.567. The van der Waals surface area contributed by atoms with Crippen molar-refractivity contribution in [2.24, 2.45) is 5.16 Å². The predicted octanol–water partition coefficient (Wildman–Crippen LogP) is 3.95. The molecule has 0 fully saturated rings. The lowest BCUT2D eigenvalue weighted by atomic mass is 10.1. The fraction of sp³-hybridized carbons (Fsp3) is 0.500. The third kappa shape index (κ3) is 4.92. The predicted molar refractivity (Wildman–Crippen MR) is 83.3 cm³/mol. The summed E-state index contributed by atoms with van der Waals surface area (Å²) < 4.78 is 0. The lowest BCUT2D eigenvalue weighted by Gasteiger charge is -2.23. The Morgan fingerprint density at radius 3 is 2.16 bits per heavy atom. The van der Waals surface area contributed by atoms with Gasteiger partial charge in [-0.15, -0.1) is 23.2 Å². The van der Waals surface area contributed by atoms with Crippen LogP contribution in [0.1, 0.15) is 25.3 Å². The van der Waals surface area contributed by atoms with Crippen LogP contribution in [0.2, 0.25) is 0 Å². The maximum Gasteiger partial charge on any atom is 0.0867 e. The average Bonchev–Trinajstić information content (AvgIpc) is 2.45. The maximum absolute atomic E-state index is 9.00. The zero-order chi connectivity index (χ0) is 14.1. The highest BCUT2D eigenvalue weighted by Crippen LogP contribution is 2.17. The van der Waals surface area contributed by atoms with Crippen LogP contribution < -0.4 is 4.90 Å². The number of halogens is 2. The Morgan fingerprint density at radius 1 is 1.16 bits per heavy atom. The van der Waals surface area contributed by atoms with Gasteiger partial charge in [-0.3, -0.25) is 0 Å². The van der Waals surface area contributed by atoms with Gasteiger partial charge in [-0.1, -0.05) is 30.6 Å². The SMILES string of the molecule is CCCC(=NO)c1ccc(N(CCCl)CCCl)cc1. The van der Waals surface area contributed by atoms with Crippen LogP contribution in [-0.4, -0.2) is 35.8 Å².